The number of carbonyl (C=O) groups excluding carboxylic acids is 2. The molecule has 0 bridgehead atoms. The number of hydrogen-bond acceptors (Lipinski definition) is 4. The summed E-state index contributed by atoms with van der Waals surface area (Å²) in [5.74, 6) is 0.844. The van der Waals surface area contributed by atoms with Crippen LogP contribution in [0.3, 0.4) is 0 Å². The highest BCUT2D eigenvalue weighted by Crippen LogP contribution is 2.18. The van der Waals surface area contributed by atoms with Crippen molar-refractivity contribution in [1.82, 2.24) is 10.2 Å². The van der Waals surface area contributed by atoms with Crippen LogP contribution in [-0.4, -0.2) is 43.0 Å². The van der Waals surface area contributed by atoms with E-state index in [0.29, 0.717) is 19.5 Å². The van der Waals surface area contributed by atoms with E-state index in [1.807, 2.05) is 47.5 Å². The summed E-state index contributed by atoms with van der Waals surface area (Å²) >= 11 is 1.43. The molecule has 5 nitrogen and oxygen atoms in total. The molecule has 0 aliphatic carbocycles. The maximum atomic E-state index is 12.3. The van der Waals surface area contributed by atoms with Crippen LogP contribution in [-0.2, 0) is 11.2 Å². The smallest absolute Gasteiger partial charge is 0.261 e. The molecule has 1 unspecified atom stereocenters. The van der Waals surface area contributed by atoms with Crippen LogP contribution < -0.4 is 10.1 Å². The number of rotatable bonds is 6. The first kappa shape index (κ1) is 17.5. The third kappa shape index (κ3) is 4.20. The Bertz CT molecular complexity index is 754. The lowest BCUT2D eigenvalue weighted by molar-refractivity contribution is -0.127. The standard InChI is InChI=1S/C19H22N2O3S/c1-13-8-10-25-18(13)19(23)20-15-11-17(22)21(12-15)9-7-14-3-5-16(24-2)6-4-14/h3-6,8,10,15H,7,9,11-12H2,1-2H3,(H,20,23). The van der Waals surface area contributed by atoms with E-state index in [-0.39, 0.29) is 17.9 Å². The van der Waals surface area contributed by atoms with E-state index in [1.54, 1.807) is 7.11 Å². The summed E-state index contributed by atoms with van der Waals surface area (Å²) in [6.07, 6.45) is 1.17. The topological polar surface area (TPSA) is 58.6 Å². The van der Waals surface area contributed by atoms with Gasteiger partial charge in [-0.25, -0.2) is 0 Å². The number of ether oxygens (including phenoxy) is 1. The molecule has 1 fully saturated rings. The number of likely N-dealkylation sites (tertiary alicyclic amines) is 1. The van der Waals surface area contributed by atoms with E-state index in [9.17, 15) is 9.59 Å². The molecule has 0 saturated carbocycles. The van der Waals surface area contributed by atoms with Gasteiger partial charge in [0.15, 0.2) is 0 Å². The average Bonchev–Trinajstić information content (AvgIpc) is 3.19. The second kappa shape index (κ2) is 7.70. The monoisotopic (exact) mass is 358 g/mol. The van der Waals surface area contributed by atoms with Crippen molar-refractivity contribution >= 4 is 23.2 Å². The van der Waals surface area contributed by atoms with Crippen LogP contribution in [0.1, 0.15) is 27.2 Å². The van der Waals surface area contributed by atoms with Gasteiger partial charge in [0.2, 0.25) is 5.91 Å². The van der Waals surface area contributed by atoms with Crippen molar-refractivity contribution in [2.45, 2.75) is 25.8 Å². The maximum Gasteiger partial charge on any atom is 0.261 e. The lowest BCUT2D eigenvalue weighted by Crippen LogP contribution is -2.37. The summed E-state index contributed by atoms with van der Waals surface area (Å²) in [5, 5.41) is 4.90. The fourth-order valence-corrected chi connectivity index (χ4v) is 3.83. The Hall–Kier alpha value is -2.34. The van der Waals surface area contributed by atoms with Gasteiger partial charge in [-0.05, 0) is 48.1 Å². The molecule has 1 atom stereocenters. The molecule has 2 heterocycles. The van der Waals surface area contributed by atoms with Gasteiger partial charge >= 0.3 is 0 Å². The molecule has 3 rings (SSSR count). The van der Waals surface area contributed by atoms with Gasteiger partial charge in [0.1, 0.15) is 5.75 Å². The minimum absolute atomic E-state index is 0.0812. The normalized spacial score (nSPS) is 17.0. The summed E-state index contributed by atoms with van der Waals surface area (Å²) < 4.78 is 5.15. The highest BCUT2D eigenvalue weighted by atomic mass is 32.1. The van der Waals surface area contributed by atoms with Crippen LogP contribution in [0.4, 0.5) is 0 Å². The van der Waals surface area contributed by atoms with Gasteiger partial charge in [-0.3, -0.25) is 9.59 Å². The van der Waals surface area contributed by atoms with E-state index in [0.717, 1.165) is 28.2 Å². The minimum Gasteiger partial charge on any atom is -0.497 e. The van der Waals surface area contributed by atoms with Crippen molar-refractivity contribution in [3.05, 3.63) is 51.7 Å². The van der Waals surface area contributed by atoms with Crippen LogP contribution in [0, 0.1) is 6.92 Å². The van der Waals surface area contributed by atoms with Crippen molar-refractivity contribution in [1.29, 1.82) is 0 Å². The highest BCUT2D eigenvalue weighted by Gasteiger charge is 2.30. The van der Waals surface area contributed by atoms with E-state index < -0.39 is 0 Å². The molecule has 1 aromatic heterocycles. The van der Waals surface area contributed by atoms with Gasteiger partial charge in [-0.2, -0.15) is 0 Å². The molecule has 132 valence electrons. The number of carbonyl (C=O) groups is 2. The zero-order valence-electron chi connectivity index (χ0n) is 14.5. The van der Waals surface area contributed by atoms with Crippen LogP contribution >= 0.6 is 11.3 Å². The number of hydrogen-bond donors (Lipinski definition) is 1. The average molecular weight is 358 g/mol. The van der Waals surface area contributed by atoms with Crippen molar-refractivity contribution in [3.8, 4) is 5.75 Å². The molecule has 0 spiro atoms. The maximum absolute atomic E-state index is 12.3. The number of nitrogens with zero attached hydrogens (tertiary/aromatic N) is 1. The minimum atomic E-state index is -0.114. The Morgan fingerprint density at radius 2 is 2.08 bits per heavy atom. The number of aryl methyl sites for hydroxylation is 1. The first-order chi connectivity index (χ1) is 12.1. The molecule has 2 amide bonds. The van der Waals surface area contributed by atoms with Gasteiger partial charge in [-0.15, -0.1) is 11.3 Å². The third-order valence-electron chi connectivity index (χ3n) is 4.45. The van der Waals surface area contributed by atoms with E-state index in [1.165, 1.54) is 11.3 Å². The Labute approximate surface area is 151 Å². The van der Waals surface area contributed by atoms with Crippen molar-refractivity contribution in [3.63, 3.8) is 0 Å². The highest BCUT2D eigenvalue weighted by molar-refractivity contribution is 7.12. The summed E-state index contributed by atoms with van der Waals surface area (Å²) in [6, 6.07) is 9.69. The van der Waals surface area contributed by atoms with E-state index in [2.05, 4.69) is 5.32 Å². The molecule has 0 radical (unpaired) electrons. The van der Waals surface area contributed by atoms with Crippen molar-refractivity contribution in [2.75, 3.05) is 20.2 Å². The first-order valence-electron chi connectivity index (χ1n) is 8.32. The van der Waals surface area contributed by atoms with E-state index in [4.69, 9.17) is 4.74 Å². The quantitative estimate of drug-likeness (QED) is 0.864. The van der Waals surface area contributed by atoms with Gasteiger partial charge < -0.3 is 15.0 Å². The molecule has 2 aromatic rings. The summed E-state index contributed by atoms with van der Waals surface area (Å²) in [4.78, 5) is 27.0. The zero-order valence-corrected chi connectivity index (χ0v) is 15.3. The summed E-state index contributed by atoms with van der Waals surface area (Å²) in [5.41, 5.74) is 2.14. The number of amides is 2. The Morgan fingerprint density at radius 1 is 1.32 bits per heavy atom. The molecule has 25 heavy (non-hydrogen) atoms. The van der Waals surface area contributed by atoms with Crippen LogP contribution in [0.2, 0.25) is 0 Å². The van der Waals surface area contributed by atoms with Crippen LogP contribution in [0.25, 0.3) is 0 Å². The van der Waals surface area contributed by atoms with Gasteiger partial charge in [0, 0.05) is 19.5 Å². The fourth-order valence-electron chi connectivity index (χ4n) is 3.00. The molecule has 1 N–H and O–H groups in total. The second-order valence-corrected chi connectivity index (χ2v) is 7.16. The summed E-state index contributed by atoms with van der Waals surface area (Å²) in [7, 11) is 1.64. The lowest BCUT2D eigenvalue weighted by atomic mass is 10.1. The van der Waals surface area contributed by atoms with E-state index >= 15 is 0 Å². The predicted molar refractivity (Wildman–Crippen MR) is 98.2 cm³/mol. The first-order valence-corrected chi connectivity index (χ1v) is 9.20. The number of methoxy groups -OCH3 is 1. The number of benzene rings is 1. The van der Waals surface area contributed by atoms with Crippen LogP contribution in [0.5, 0.6) is 5.75 Å². The predicted octanol–water partition coefficient (Wildman–Crippen LogP) is 2.64. The fraction of sp³-hybridized carbons (Fsp3) is 0.368. The molecular formula is C19H22N2O3S. The number of thiophene rings is 1. The Balaban J connectivity index is 1.51. The molecule has 1 aromatic carbocycles. The zero-order chi connectivity index (χ0) is 17.8. The Kier molecular flexibility index (Phi) is 5.38. The third-order valence-corrected chi connectivity index (χ3v) is 5.46. The number of nitrogens with one attached hydrogen (secondary N) is 1. The largest absolute Gasteiger partial charge is 0.497 e. The molecular weight excluding hydrogens is 336 g/mol. The van der Waals surface area contributed by atoms with Crippen molar-refractivity contribution in [2.24, 2.45) is 0 Å². The second-order valence-electron chi connectivity index (χ2n) is 6.25. The molecule has 1 aliphatic rings. The Morgan fingerprint density at radius 3 is 2.72 bits per heavy atom. The molecule has 6 heteroatoms. The van der Waals surface area contributed by atoms with Gasteiger partial charge in [-0.1, -0.05) is 12.1 Å². The van der Waals surface area contributed by atoms with Crippen LogP contribution in [0.15, 0.2) is 35.7 Å². The molecule has 1 saturated heterocycles. The van der Waals surface area contributed by atoms with Gasteiger partial charge in [0.25, 0.3) is 5.91 Å². The lowest BCUT2D eigenvalue weighted by Gasteiger charge is -2.17. The SMILES string of the molecule is COc1ccc(CCN2CC(NC(=O)c3sccc3C)CC2=O)cc1. The molecule has 1 aliphatic heterocycles. The summed E-state index contributed by atoms with van der Waals surface area (Å²) in [6.45, 7) is 3.16. The van der Waals surface area contributed by atoms with Gasteiger partial charge in [0.05, 0.1) is 18.0 Å². The van der Waals surface area contributed by atoms with Crippen molar-refractivity contribution < 1.29 is 14.3 Å².